The molecule has 5 heterocycles. The molecule has 0 spiro atoms. The summed E-state index contributed by atoms with van der Waals surface area (Å²) in [5.41, 5.74) is 5.97. The molecule has 0 unspecified atom stereocenters. The Morgan fingerprint density at radius 2 is 1.82 bits per heavy atom. The van der Waals surface area contributed by atoms with Gasteiger partial charge in [0, 0.05) is 52.3 Å². The second-order valence-corrected chi connectivity index (χ2v) is 9.80. The van der Waals surface area contributed by atoms with Crippen LogP contribution in [0.4, 0.5) is 10.1 Å². The Labute approximate surface area is 222 Å². The Hall–Kier alpha value is -5.12. The highest BCUT2D eigenvalue weighted by Crippen LogP contribution is 2.35. The van der Waals surface area contributed by atoms with Crippen molar-refractivity contribution in [2.75, 3.05) is 5.32 Å². The minimum absolute atomic E-state index is 0.0643. The second-order valence-electron chi connectivity index (χ2n) is 9.80. The van der Waals surface area contributed by atoms with Crippen LogP contribution in [-0.2, 0) is 4.79 Å². The lowest BCUT2D eigenvalue weighted by molar-refractivity contribution is -0.116. The number of hydrogen-bond donors (Lipinski definition) is 4. The number of nitrogens with one attached hydrogen (secondary N) is 3. The van der Waals surface area contributed by atoms with Gasteiger partial charge in [0.2, 0.25) is 5.91 Å². The summed E-state index contributed by atoms with van der Waals surface area (Å²) >= 11 is 0. The number of hydrogen-bond acceptors (Lipinski definition) is 6. The smallest absolute Gasteiger partial charge is 0.224 e. The number of phenolic OH excluding ortho intramolecular Hbond substituents is 1. The van der Waals surface area contributed by atoms with E-state index in [0.29, 0.717) is 34.8 Å². The van der Waals surface area contributed by atoms with Crippen molar-refractivity contribution < 1.29 is 14.3 Å². The number of benzene rings is 1. The lowest BCUT2D eigenvalue weighted by atomic mass is 10.1. The number of aromatic amines is 2. The van der Waals surface area contributed by atoms with Crippen LogP contribution >= 0.6 is 0 Å². The van der Waals surface area contributed by atoms with Crippen molar-refractivity contribution in [3.05, 3.63) is 73.1 Å². The first-order valence-electron chi connectivity index (χ1n) is 12.4. The minimum Gasteiger partial charge on any atom is -0.508 e. The third kappa shape index (κ3) is 4.79. The zero-order valence-corrected chi connectivity index (χ0v) is 21.2. The van der Waals surface area contributed by atoms with Crippen molar-refractivity contribution in [3.63, 3.8) is 0 Å². The Morgan fingerprint density at radius 3 is 2.64 bits per heavy atom. The fourth-order valence-corrected chi connectivity index (χ4v) is 4.63. The van der Waals surface area contributed by atoms with E-state index >= 15 is 0 Å². The molecule has 0 aliphatic carbocycles. The lowest BCUT2D eigenvalue weighted by Crippen LogP contribution is -2.13. The molecule has 0 saturated heterocycles. The fraction of sp³-hybridized carbons (Fsp3) is 0.138. The van der Waals surface area contributed by atoms with E-state index in [1.807, 2.05) is 38.1 Å². The number of pyridine rings is 3. The van der Waals surface area contributed by atoms with Gasteiger partial charge < -0.3 is 15.4 Å². The molecule has 10 heteroatoms. The van der Waals surface area contributed by atoms with Crippen molar-refractivity contribution in [1.82, 2.24) is 30.1 Å². The monoisotopic (exact) mass is 521 g/mol. The van der Waals surface area contributed by atoms with E-state index in [0.717, 1.165) is 39.1 Å². The van der Waals surface area contributed by atoms with Crippen molar-refractivity contribution in [2.24, 2.45) is 5.92 Å². The third-order valence-corrected chi connectivity index (χ3v) is 6.32. The predicted molar refractivity (Wildman–Crippen MR) is 147 cm³/mol. The standard InChI is InChI=1S/C29H24FN7O2/c1-15(2)5-27(39)34-19-7-17(12-31-13-19)24-10-22-26(14-33-24)36-37-29(22)25-11-21-23(35-25)3-4-32-28(21)16-6-18(30)9-20(38)8-16/h3-4,6-15,35,38H,5H2,1-2H3,(H,34,39)(H,36,37). The number of anilines is 1. The van der Waals surface area contributed by atoms with Gasteiger partial charge in [-0.2, -0.15) is 5.10 Å². The van der Waals surface area contributed by atoms with E-state index in [2.05, 4.69) is 35.5 Å². The molecule has 1 amide bonds. The molecular weight excluding hydrogens is 497 g/mol. The highest BCUT2D eigenvalue weighted by Gasteiger charge is 2.16. The Bertz CT molecular complexity index is 1840. The van der Waals surface area contributed by atoms with Crippen LogP contribution in [0.2, 0.25) is 0 Å². The number of aromatic nitrogens is 6. The van der Waals surface area contributed by atoms with Crippen LogP contribution in [0.1, 0.15) is 20.3 Å². The molecule has 0 atom stereocenters. The van der Waals surface area contributed by atoms with Crippen LogP contribution in [0.25, 0.3) is 55.7 Å². The molecule has 0 bridgehead atoms. The topological polar surface area (TPSA) is 132 Å². The number of phenols is 1. The summed E-state index contributed by atoms with van der Waals surface area (Å²) in [7, 11) is 0. The molecule has 0 aliphatic heterocycles. The molecule has 0 saturated carbocycles. The third-order valence-electron chi connectivity index (χ3n) is 6.32. The fourth-order valence-electron chi connectivity index (χ4n) is 4.63. The number of halogens is 1. The second kappa shape index (κ2) is 9.64. The molecule has 39 heavy (non-hydrogen) atoms. The average molecular weight is 522 g/mol. The predicted octanol–water partition coefficient (Wildman–Crippen LogP) is 6.06. The molecule has 6 aromatic rings. The first-order chi connectivity index (χ1) is 18.8. The number of rotatable bonds is 6. The summed E-state index contributed by atoms with van der Waals surface area (Å²) in [6.07, 6.45) is 7.06. The van der Waals surface area contributed by atoms with E-state index in [4.69, 9.17) is 0 Å². The summed E-state index contributed by atoms with van der Waals surface area (Å²) in [4.78, 5) is 28.9. The van der Waals surface area contributed by atoms with E-state index in [1.54, 1.807) is 24.8 Å². The molecule has 4 N–H and O–H groups in total. The van der Waals surface area contributed by atoms with Gasteiger partial charge in [-0.15, -0.1) is 0 Å². The zero-order chi connectivity index (χ0) is 27.1. The lowest BCUT2D eigenvalue weighted by Gasteiger charge is -2.08. The zero-order valence-electron chi connectivity index (χ0n) is 21.2. The van der Waals surface area contributed by atoms with Crippen molar-refractivity contribution >= 4 is 33.4 Å². The molecule has 9 nitrogen and oxygen atoms in total. The Kier molecular flexibility index (Phi) is 5.99. The number of amides is 1. The van der Waals surface area contributed by atoms with Crippen LogP contribution in [-0.4, -0.2) is 41.1 Å². The molecule has 0 fully saturated rings. The van der Waals surface area contributed by atoms with Crippen LogP contribution < -0.4 is 5.32 Å². The molecule has 194 valence electrons. The van der Waals surface area contributed by atoms with Gasteiger partial charge >= 0.3 is 0 Å². The number of nitrogens with zero attached hydrogens (tertiary/aromatic N) is 4. The van der Waals surface area contributed by atoms with Gasteiger partial charge in [-0.25, -0.2) is 4.39 Å². The minimum atomic E-state index is -0.545. The largest absolute Gasteiger partial charge is 0.508 e. The van der Waals surface area contributed by atoms with Gasteiger partial charge in [0.1, 0.15) is 17.3 Å². The maximum absolute atomic E-state index is 14.0. The summed E-state index contributed by atoms with van der Waals surface area (Å²) in [5, 5.41) is 21.9. The molecule has 0 radical (unpaired) electrons. The van der Waals surface area contributed by atoms with Gasteiger partial charge in [-0.05, 0) is 42.3 Å². The summed E-state index contributed by atoms with van der Waals surface area (Å²) in [6.45, 7) is 3.99. The quantitative estimate of drug-likeness (QED) is 0.211. The SMILES string of the molecule is CC(C)CC(=O)Nc1cncc(-c2cc3c(-c4cc5c(-c6cc(O)cc(F)c6)nccc5[nH]4)n[nH]c3cn2)c1. The number of aromatic hydroxyl groups is 1. The molecule has 6 rings (SSSR count). The average Bonchev–Trinajstić information content (AvgIpc) is 3.51. The Morgan fingerprint density at radius 1 is 0.974 bits per heavy atom. The number of H-pyrrole nitrogens is 2. The van der Waals surface area contributed by atoms with E-state index in [-0.39, 0.29) is 17.6 Å². The van der Waals surface area contributed by atoms with Gasteiger partial charge in [0.15, 0.2) is 0 Å². The number of carbonyl (C=O) groups is 1. The van der Waals surface area contributed by atoms with Crippen LogP contribution in [0.5, 0.6) is 5.75 Å². The summed E-state index contributed by atoms with van der Waals surface area (Å²) < 4.78 is 14.0. The van der Waals surface area contributed by atoms with E-state index in [9.17, 15) is 14.3 Å². The normalized spacial score (nSPS) is 11.5. The summed E-state index contributed by atoms with van der Waals surface area (Å²) in [5.74, 6) is -0.528. The molecule has 1 aromatic carbocycles. The van der Waals surface area contributed by atoms with Crippen LogP contribution in [0.3, 0.4) is 0 Å². The maximum atomic E-state index is 14.0. The molecule has 5 aromatic heterocycles. The Balaban J connectivity index is 1.39. The maximum Gasteiger partial charge on any atom is 0.224 e. The van der Waals surface area contributed by atoms with Crippen molar-refractivity contribution in [2.45, 2.75) is 20.3 Å². The van der Waals surface area contributed by atoms with Gasteiger partial charge in [-0.1, -0.05) is 13.8 Å². The molecular formula is C29H24FN7O2. The molecule has 0 aliphatic rings. The highest BCUT2D eigenvalue weighted by atomic mass is 19.1. The van der Waals surface area contributed by atoms with Crippen LogP contribution in [0.15, 0.2) is 67.3 Å². The van der Waals surface area contributed by atoms with Crippen LogP contribution in [0, 0.1) is 11.7 Å². The van der Waals surface area contributed by atoms with Gasteiger partial charge in [0.05, 0.1) is 40.7 Å². The summed E-state index contributed by atoms with van der Waals surface area (Å²) in [6, 6.07) is 11.4. The van der Waals surface area contributed by atoms with E-state index < -0.39 is 5.82 Å². The highest BCUT2D eigenvalue weighted by molar-refractivity contribution is 6.00. The van der Waals surface area contributed by atoms with Crippen molar-refractivity contribution in [1.29, 1.82) is 0 Å². The van der Waals surface area contributed by atoms with Gasteiger partial charge in [-0.3, -0.25) is 24.8 Å². The van der Waals surface area contributed by atoms with Crippen molar-refractivity contribution in [3.8, 4) is 39.7 Å². The van der Waals surface area contributed by atoms with Gasteiger partial charge in [0.25, 0.3) is 0 Å². The first-order valence-corrected chi connectivity index (χ1v) is 12.4. The first kappa shape index (κ1) is 24.2. The number of fused-ring (bicyclic) bond motifs is 2. The van der Waals surface area contributed by atoms with E-state index in [1.165, 1.54) is 12.1 Å². The number of carbonyl (C=O) groups excluding carboxylic acids is 1.